The van der Waals surface area contributed by atoms with E-state index in [9.17, 15) is 13.2 Å². The molecule has 3 rings (SSSR count). The van der Waals surface area contributed by atoms with Crippen LogP contribution in [0.3, 0.4) is 0 Å². The zero-order valence-electron chi connectivity index (χ0n) is 16.7. The smallest absolute Gasteiger partial charge is 0.243 e. The Morgan fingerprint density at radius 1 is 1.07 bits per heavy atom. The van der Waals surface area contributed by atoms with E-state index >= 15 is 0 Å². The molecule has 0 unspecified atom stereocenters. The van der Waals surface area contributed by atoms with Crippen molar-refractivity contribution in [3.05, 3.63) is 41.7 Å². The van der Waals surface area contributed by atoms with Gasteiger partial charge in [-0.1, -0.05) is 30.7 Å². The molecule has 1 saturated heterocycles. The summed E-state index contributed by atoms with van der Waals surface area (Å²) in [5.41, 5.74) is 2.17. The molecule has 1 aliphatic heterocycles. The predicted molar refractivity (Wildman–Crippen MR) is 115 cm³/mol. The standard InChI is InChI=1S/C20H26N4O3S2/c1-15-12-16(2)22-20(21-15)28-14-19(25)23-17-8-7-9-18(13-17)29(26,27)24-10-5-3-4-6-11-24/h7-9,12-13H,3-6,10-11,14H2,1-2H3,(H,23,25). The van der Waals surface area contributed by atoms with E-state index in [1.807, 2.05) is 19.9 Å². The van der Waals surface area contributed by atoms with Crippen LogP contribution >= 0.6 is 11.8 Å². The van der Waals surface area contributed by atoms with Gasteiger partial charge in [-0.2, -0.15) is 4.31 Å². The molecule has 0 saturated carbocycles. The third kappa shape index (κ3) is 6.01. The topological polar surface area (TPSA) is 92.3 Å². The first-order chi connectivity index (χ1) is 13.8. The second-order valence-corrected chi connectivity index (χ2v) is 10.00. The van der Waals surface area contributed by atoms with Crippen molar-refractivity contribution in [1.29, 1.82) is 0 Å². The third-order valence-electron chi connectivity index (χ3n) is 4.61. The van der Waals surface area contributed by atoms with Crippen LogP contribution < -0.4 is 5.32 Å². The average molecular weight is 435 g/mol. The van der Waals surface area contributed by atoms with Gasteiger partial charge in [0.1, 0.15) is 0 Å². The van der Waals surface area contributed by atoms with Crippen LogP contribution in [0, 0.1) is 13.8 Å². The number of aromatic nitrogens is 2. The van der Waals surface area contributed by atoms with Crippen molar-refractivity contribution in [1.82, 2.24) is 14.3 Å². The zero-order chi connectivity index (χ0) is 20.9. The molecule has 1 fully saturated rings. The van der Waals surface area contributed by atoms with Gasteiger partial charge in [0.15, 0.2) is 5.16 Å². The van der Waals surface area contributed by atoms with Gasteiger partial charge in [0.2, 0.25) is 15.9 Å². The summed E-state index contributed by atoms with van der Waals surface area (Å²) in [6, 6.07) is 8.32. The minimum absolute atomic E-state index is 0.145. The first-order valence-corrected chi connectivity index (χ1v) is 12.1. The molecule has 7 nitrogen and oxygen atoms in total. The average Bonchev–Trinajstić information content (AvgIpc) is 2.96. The van der Waals surface area contributed by atoms with Crippen LogP contribution in [0.15, 0.2) is 40.4 Å². The monoisotopic (exact) mass is 434 g/mol. The number of nitrogens with zero attached hydrogens (tertiary/aromatic N) is 3. The van der Waals surface area contributed by atoms with E-state index in [1.165, 1.54) is 17.8 Å². The van der Waals surface area contributed by atoms with Crippen LogP contribution in [-0.4, -0.2) is 47.4 Å². The maximum Gasteiger partial charge on any atom is 0.243 e. The highest BCUT2D eigenvalue weighted by molar-refractivity contribution is 7.99. The van der Waals surface area contributed by atoms with E-state index in [-0.39, 0.29) is 16.6 Å². The second kappa shape index (κ2) is 9.69. The SMILES string of the molecule is Cc1cc(C)nc(SCC(=O)Nc2cccc(S(=O)(=O)N3CCCCCC3)c2)n1. The van der Waals surface area contributed by atoms with Crippen molar-refractivity contribution in [2.24, 2.45) is 0 Å². The molecule has 0 atom stereocenters. The first-order valence-electron chi connectivity index (χ1n) is 9.70. The summed E-state index contributed by atoms with van der Waals surface area (Å²) in [7, 11) is -3.55. The van der Waals surface area contributed by atoms with Gasteiger partial charge in [0.25, 0.3) is 0 Å². The maximum absolute atomic E-state index is 12.9. The fraction of sp³-hybridized carbons (Fsp3) is 0.450. The van der Waals surface area contributed by atoms with Crippen molar-refractivity contribution in [2.75, 3.05) is 24.2 Å². The van der Waals surface area contributed by atoms with Crippen LogP contribution in [0.25, 0.3) is 0 Å². The second-order valence-electron chi connectivity index (χ2n) is 7.12. The molecule has 2 aromatic rings. The molecular weight excluding hydrogens is 408 g/mol. The van der Waals surface area contributed by atoms with Crippen LogP contribution in [0.4, 0.5) is 5.69 Å². The molecule has 0 spiro atoms. The highest BCUT2D eigenvalue weighted by Crippen LogP contribution is 2.23. The number of aryl methyl sites for hydroxylation is 2. The Kier molecular flexibility index (Phi) is 7.26. The van der Waals surface area contributed by atoms with Crippen molar-refractivity contribution in [2.45, 2.75) is 49.6 Å². The Balaban J connectivity index is 1.65. The van der Waals surface area contributed by atoms with Crippen molar-refractivity contribution >= 4 is 33.4 Å². The molecule has 0 radical (unpaired) electrons. The quantitative estimate of drug-likeness (QED) is 0.553. The summed E-state index contributed by atoms with van der Waals surface area (Å²) >= 11 is 1.25. The molecule has 0 aliphatic carbocycles. The van der Waals surface area contributed by atoms with E-state index < -0.39 is 10.0 Å². The summed E-state index contributed by atoms with van der Waals surface area (Å²) in [6.45, 7) is 4.86. The highest BCUT2D eigenvalue weighted by atomic mass is 32.2. The Morgan fingerprint density at radius 2 is 1.72 bits per heavy atom. The number of rotatable bonds is 6. The molecule has 2 heterocycles. The van der Waals surface area contributed by atoms with E-state index in [1.54, 1.807) is 22.5 Å². The number of anilines is 1. The number of hydrogen-bond donors (Lipinski definition) is 1. The van der Waals surface area contributed by atoms with Gasteiger partial charge in [-0.25, -0.2) is 18.4 Å². The lowest BCUT2D eigenvalue weighted by Gasteiger charge is -2.20. The fourth-order valence-electron chi connectivity index (χ4n) is 3.25. The molecule has 29 heavy (non-hydrogen) atoms. The Bertz CT molecular complexity index is 951. The Hall–Kier alpha value is -1.97. The lowest BCUT2D eigenvalue weighted by atomic mass is 10.2. The number of benzene rings is 1. The third-order valence-corrected chi connectivity index (χ3v) is 7.36. The number of carbonyl (C=O) groups is 1. The van der Waals surface area contributed by atoms with Gasteiger partial charge in [-0.3, -0.25) is 4.79 Å². The molecule has 9 heteroatoms. The fourth-order valence-corrected chi connectivity index (χ4v) is 5.56. The number of amides is 1. The van der Waals surface area contributed by atoms with Gasteiger partial charge >= 0.3 is 0 Å². The summed E-state index contributed by atoms with van der Waals surface area (Å²) < 4.78 is 27.4. The molecule has 1 aliphatic rings. The lowest BCUT2D eigenvalue weighted by Crippen LogP contribution is -2.32. The predicted octanol–water partition coefficient (Wildman–Crippen LogP) is 3.39. The summed E-state index contributed by atoms with van der Waals surface area (Å²) in [5.74, 6) is -0.0893. The Labute approximate surface area is 176 Å². The molecule has 156 valence electrons. The molecular formula is C20H26N4O3S2. The number of sulfonamides is 1. The van der Waals surface area contributed by atoms with Crippen LogP contribution in [-0.2, 0) is 14.8 Å². The molecule has 1 N–H and O–H groups in total. The minimum atomic E-state index is -3.55. The number of carbonyl (C=O) groups excluding carboxylic acids is 1. The van der Waals surface area contributed by atoms with Crippen LogP contribution in [0.1, 0.15) is 37.1 Å². The Morgan fingerprint density at radius 3 is 2.38 bits per heavy atom. The van der Waals surface area contributed by atoms with Crippen molar-refractivity contribution in [3.8, 4) is 0 Å². The number of nitrogens with one attached hydrogen (secondary N) is 1. The molecule has 0 bridgehead atoms. The maximum atomic E-state index is 12.9. The van der Waals surface area contributed by atoms with E-state index in [0.717, 1.165) is 37.1 Å². The van der Waals surface area contributed by atoms with Crippen molar-refractivity contribution in [3.63, 3.8) is 0 Å². The first kappa shape index (κ1) is 21.7. The normalized spacial score (nSPS) is 15.7. The largest absolute Gasteiger partial charge is 0.325 e. The lowest BCUT2D eigenvalue weighted by molar-refractivity contribution is -0.113. The van der Waals surface area contributed by atoms with Crippen LogP contribution in [0.2, 0.25) is 0 Å². The summed E-state index contributed by atoms with van der Waals surface area (Å²) in [4.78, 5) is 21.1. The number of hydrogen-bond acceptors (Lipinski definition) is 6. The van der Waals surface area contributed by atoms with Gasteiger partial charge in [-0.05, 0) is 51.0 Å². The van der Waals surface area contributed by atoms with Crippen molar-refractivity contribution < 1.29 is 13.2 Å². The molecule has 1 amide bonds. The molecule has 1 aromatic heterocycles. The van der Waals surface area contributed by atoms with Gasteiger partial charge < -0.3 is 5.32 Å². The summed E-state index contributed by atoms with van der Waals surface area (Å²) in [5, 5.41) is 3.32. The minimum Gasteiger partial charge on any atom is -0.325 e. The van der Waals surface area contributed by atoms with E-state index in [2.05, 4.69) is 15.3 Å². The van der Waals surface area contributed by atoms with Crippen LogP contribution in [0.5, 0.6) is 0 Å². The van der Waals surface area contributed by atoms with E-state index in [0.29, 0.717) is 23.9 Å². The van der Waals surface area contributed by atoms with Gasteiger partial charge in [-0.15, -0.1) is 0 Å². The van der Waals surface area contributed by atoms with Gasteiger partial charge in [0.05, 0.1) is 10.6 Å². The number of thioether (sulfide) groups is 1. The van der Waals surface area contributed by atoms with Gasteiger partial charge in [0, 0.05) is 30.2 Å². The highest BCUT2D eigenvalue weighted by Gasteiger charge is 2.25. The molecule has 1 aromatic carbocycles. The summed E-state index contributed by atoms with van der Waals surface area (Å²) in [6.07, 6.45) is 3.88. The zero-order valence-corrected chi connectivity index (χ0v) is 18.4. The van der Waals surface area contributed by atoms with E-state index in [4.69, 9.17) is 0 Å².